The molecule has 0 spiro atoms. The van der Waals surface area contributed by atoms with E-state index in [2.05, 4.69) is 69.9 Å². The summed E-state index contributed by atoms with van der Waals surface area (Å²) in [4.78, 5) is 4.43. The van der Waals surface area contributed by atoms with E-state index in [1.54, 1.807) is 0 Å². The highest BCUT2D eigenvalue weighted by atomic mass is 79.9. The summed E-state index contributed by atoms with van der Waals surface area (Å²) in [5.74, 6) is 1.14. The maximum absolute atomic E-state index is 4.43. The van der Waals surface area contributed by atoms with Gasteiger partial charge in [0, 0.05) is 36.4 Å². The standard InChI is InChI=1S/C17H24BrN3/c1-4-10-19-16(8-9-17-20-11-12-21(17)3)14-6-5-7-15(18)13(14)2/h5-7,11-12,16,19H,4,8-10H2,1-3H3. The van der Waals surface area contributed by atoms with Gasteiger partial charge in [0.1, 0.15) is 5.82 Å². The smallest absolute Gasteiger partial charge is 0.108 e. The van der Waals surface area contributed by atoms with Gasteiger partial charge >= 0.3 is 0 Å². The van der Waals surface area contributed by atoms with E-state index in [-0.39, 0.29) is 0 Å². The SMILES string of the molecule is CCCNC(CCc1nccn1C)c1cccc(Br)c1C. The number of halogens is 1. The first-order chi connectivity index (χ1) is 10.1. The number of hydrogen-bond donors (Lipinski definition) is 1. The number of aryl methyl sites for hydroxylation is 2. The fourth-order valence-corrected chi connectivity index (χ4v) is 2.98. The molecule has 114 valence electrons. The molecule has 0 aliphatic heterocycles. The van der Waals surface area contributed by atoms with Crippen LogP contribution in [0.2, 0.25) is 0 Å². The topological polar surface area (TPSA) is 29.9 Å². The van der Waals surface area contributed by atoms with Crippen molar-refractivity contribution in [2.24, 2.45) is 7.05 Å². The van der Waals surface area contributed by atoms with Crippen LogP contribution in [0.4, 0.5) is 0 Å². The fraction of sp³-hybridized carbons (Fsp3) is 0.471. The number of benzene rings is 1. The second-order valence-corrected chi connectivity index (χ2v) is 6.31. The lowest BCUT2D eigenvalue weighted by Gasteiger charge is -2.21. The normalized spacial score (nSPS) is 12.6. The van der Waals surface area contributed by atoms with E-state index in [0.29, 0.717) is 6.04 Å². The molecule has 0 saturated carbocycles. The average Bonchev–Trinajstić information content (AvgIpc) is 2.88. The highest BCUT2D eigenvalue weighted by Gasteiger charge is 2.15. The van der Waals surface area contributed by atoms with Gasteiger partial charge in [-0.25, -0.2) is 4.98 Å². The van der Waals surface area contributed by atoms with Gasteiger partial charge in [-0.15, -0.1) is 0 Å². The van der Waals surface area contributed by atoms with Crippen LogP contribution in [0.15, 0.2) is 35.1 Å². The Hall–Kier alpha value is -1.13. The molecular formula is C17H24BrN3. The molecule has 0 radical (unpaired) electrons. The number of imidazole rings is 1. The van der Waals surface area contributed by atoms with E-state index < -0.39 is 0 Å². The molecule has 0 bridgehead atoms. The maximum atomic E-state index is 4.43. The molecule has 4 heteroatoms. The Morgan fingerprint density at radius 1 is 1.38 bits per heavy atom. The Labute approximate surface area is 135 Å². The van der Waals surface area contributed by atoms with Crippen molar-refractivity contribution in [1.82, 2.24) is 14.9 Å². The summed E-state index contributed by atoms with van der Waals surface area (Å²) in [6.07, 6.45) is 7.06. The lowest BCUT2D eigenvalue weighted by molar-refractivity contribution is 0.489. The zero-order valence-electron chi connectivity index (χ0n) is 13.1. The van der Waals surface area contributed by atoms with Crippen LogP contribution in [0.1, 0.15) is 42.8 Å². The first-order valence-corrected chi connectivity index (χ1v) is 8.37. The second-order valence-electron chi connectivity index (χ2n) is 5.45. The molecule has 21 heavy (non-hydrogen) atoms. The van der Waals surface area contributed by atoms with Gasteiger partial charge in [0.15, 0.2) is 0 Å². The van der Waals surface area contributed by atoms with Crippen LogP contribution in [0, 0.1) is 6.92 Å². The van der Waals surface area contributed by atoms with Gasteiger partial charge < -0.3 is 9.88 Å². The Bertz CT molecular complexity index is 577. The molecule has 0 aliphatic rings. The zero-order valence-corrected chi connectivity index (χ0v) is 14.7. The third-order valence-electron chi connectivity index (χ3n) is 3.90. The van der Waals surface area contributed by atoms with Crippen LogP contribution in [-0.2, 0) is 13.5 Å². The molecule has 3 nitrogen and oxygen atoms in total. The van der Waals surface area contributed by atoms with Crippen LogP contribution >= 0.6 is 15.9 Å². The third kappa shape index (κ3) is 4.17. The molecule has 0 fully saturated rings. The summed E-state index contributed by atoms with van der Waals surface area (Å²) in [5, 5.41) is 3.68. The predicted molar refractivity (Wildman–Crippen MR) is 91.4 cm³/mol. The van der Waals surface area contributed by atoms with Crippen LogP contribution in [0.3, 0.4) is 0 Å². The van der Waals surface area contributed by atoms with Crippen molar-refractivity contribution in [1.29, 1.82) is 0 Å². The average molecular weight is 350 g/mol. The molecule has 1 atom stereocenters. The van der Waals surface area contributed by atoms with Crippen molar-refractivity contribution >= 4 is 15.9 Å². The van der Waals surface area contributed by atoms with Crippen molar-refractivity contribution < 1.29 is 0 Å². The van der Waals surface area contributed by atoms with Crippen LogP contribution in [0.25, 0.3) is 0 Å². The molecule has 1 unspecified atom stereocenters. The summed E-state index contributed by atoms with van der Waals surface area (Å²) in [7, 11) is 2.06. The Balaban J connectivity index is 2.14. The van der Waals surface area contributed by atoms with Crippen molar-refractivity contribution in [2.75, 3.05) is 6.54 Å². The summed E-state index contributed by atoms with van der Waals surface area (Å²) in [6.45, 7) is 5.43. The monoisotopic (exact) mass is 349 g/mol. The molecule has 0 aliphatic carbocycles. The molecular weight excluding hydrogens is 326 g/mol. The lowest BCUT2D eigenvalue weighted by Crippen LogP contribution is -2.24. The number of hydrogen-bond acceptors (Lipinski definition) is 2. The van der Waals surface area contributed by atoms with Gasteiger partial charge in [0.25, 0.3) is 0 Å². The van der Waals surface area contributed by atoms with Gasteiger partial charge in [0.05, 0.1) is 0 Å². The largest absolute Gasteiger partial charge is 0.338 e. The van der Waals surface area contributed by atoms with E-state index >= 15 is 0 Å². The van der Waals surface area contributed by atoms with E-state index in [9.17, 15) is 0 Å². The molecule has 0 saturated heterocycles. The van der Waals surface area contributed by atoms with Gasteiger partial charge in [-0.3, -0.25) is 0 Å². The third-order valence-corrected chi connectivity index (χ3v) is 4.76. The Kier molecular flexibility index (Phi) is 6.00. The molecule has 1 aromatic heterocycles. The fourth-order valence-electron chi connectivity index (χ4n) is 2.60. The minimum atomic E-state index is 0.374. The van der Waals surface area contributed by atoms with Gasteiger partial charge in [-0.1, -0.05) is 35.0 Å². The number of nitrogens with one attached hydrogen (secondary N) is 1. The zero-order chi connectivity index (χ0) is 15.2. The minimum absolute atomic E-state index is 0.374. The van der Waals surface area contributed by atoms with Crippen molar-refractivity contribution in [3.8, 4) is 0 Å². The van der Waals surface area contributed by atoms with Crippen LogP contribution < -0.4 is 5.32 Å². The molecule has 0 amide bonds. The van der Waals surface area contributed by atoms with Gasteiger partial charge in [0.2, 0.25) is 0 Å². The number of nitrogens with zero attached hydrogens (tertiary/aromatic N) is 2. The van der Waals surface area contributed by atoms with E-state index in [4.69, 9.17) is 0 Å². The molecule has 2 rings (SSSR count). The molecule has 2 aromatic rings. The van der Waals surface area contributed by atoms with Crippen molar-refractivity contribution in [3.05, 3.63) is 52.0 Å². The summed E-state index contributed by atoms with van der Waals surface area (Å²) < 4.78 is 3.28. The summed E-state index contributed by atoms with van der Waals surface area (Å²) >= 11 is 3.64. The predicted octanol–water partition coefficient (Wildman–Crippen LogP) is 4.16. The molecule has 1 N–H and O–H groups in total. The van der Waals surface area contributed by atoms with Crippen LogP contribution in [-0.4, -0.2) is 16.1 Å². The van der Waals surface area contributed by atoms with E-state index in [0.717, 1.165) is 31.6 Å². The quantitative estimate of drug-likeness (QED) is 0.812. The number of rotatable bonds is 7. The van der Waals surface area contributed by atoms with Gasteiger partial charge in [-0.2, -0.15) is 0 Å². The van der Waals surface area contributed by atoms with Crippen molar-refractivity contribution in [3.63, 3.8) is 0 Å². The first-order valence-electron chi connectivity index (χ1n) is 7.58. The minimum Gasteiger partial charge on any atom is -0.338 e. The van der Waals surface area contributed by atoms with E-state index in [1.807, 2.05) is 12.4 Å². The Morgan fingerprint density at radius 2 is 2.19 bits per heavy atom. The Morgan fingerprint density at radius 3 is 2.86 bits per heavy atom. The maximum Gasteiger partial charge on any atom is 0.108 e. The van der Waals surface area contributed by atoms with Crippen molar-refractivity contribution in [2.45, 2.75) is 39.2 Å². The number of aromatic nitrogens is 2. The van der Waals surface area contributed by atoms with Crippen LogP contribution in [0.5, 0.6) is 0 Å². The summed E-state index contributed by atoms with van der Waals surface area (Å²) in [6, 6.07) is 6.83. The van der Waals surface area contributed by atoms with E-state index in [1.165, 1.54) is 15.6 Å². The summed E-state index contributed by atoms with van der Waals surface area (Å²) in [5.41, 5.74) is 2.71. The lowest BCUT2D eigenvalue weighted by atomic mass is 9.97. The first kappa shape index (κ1) is 16.2. The highest BCUT2D eigenvalue weighted by molar-refractivity contribution is 9.10. The highest BCUT2D eigenvalue weighted by Crippen LogP contribution is 2.27. The molecule has 1 aromatic carbocycles. The molecule has 1 heterocycles. The van der Waals surface area contributed by atoms with Gasteiger partial charge in [-0.05, 0) is 43.5 Å². The second kappa shape index (κ2) is 7.76.